The van der Waals surface area contributed by atoms with E-state index in [9.17, 15) is 0 Å². The van der Waals surface area contributed by atoms with Crippen molar-refractivity contribution in [2.75, 3.05) is 0 Å². The summed E-state index contributed by atoms with van der Waals surface area (Å²) >= 11 is 3.49. The molecule has 0 atom stereocenters. The van der Waals surface area contributed by atoms with E-state index in [0.717, 1.165) is 33.4 Å². The Balaban J connectivity index is 1.48. The zero-order chi connectivity index (χ0) is 15.0. The topological polar surface area (TPSA) is 43.1 Å². The van der Waals surface area contributed by atoms with E-state index < -0.39 is 0 Å². The highest BCUT2D eigenvalue weighted by molar-refractivity contribution is 7.17. The van der Waals surface area contributed by atoms with Crippen LogP contribution in [0.3, 0.4) is 0 Å². The maximum Gasteiger partial charge on any atom is 0.235 e. The fourth-order valence-electron chi connectivity index (χ4n) is 5.76. The van der Waals surface area contributed by atoms with Crippen molar-refractivity contribution in [3.8, 4) is 10.7 Å². The Morgan fingerprint density at radius 1 is 1.04 bits per heavy atom. The summed E-state index contributed by atoms with van der Waals surface area (Å²) in [7, 11) is 0. The lowest BCUT2D eigenvalue weighted by Gasteiger charge is -2.55. The molecule has 4 bridgehead atoms. The van der Waals surface area contributed by atoms with Gasteiger partial charge in [-0.2, -0.15) is 9.61 Å². The number of nitrogens with zero attached hydrogens (tertiary/aromatic N) is 4. The normalized spacial score (nSPS) is 35.4. The van der Waals surface area contributed by atoms with Crippen molar-refractivity contribution in [3.63, 3.8) is 0 Å². The molecule has 4 aliphatic rings. The fraction of sp³-hybridized carbons (Fsp3) is 0.588. The number of hydrogen-bond acceptors (Lipinski definition) is 5. The van der Waals surface area contributed by atoms with Crippen LogP contribution in [-0.2, 0) is 5.41 Å². The monoisotopic (exact) mass is 342 g/mol. The lowest BCUT2D eigenvalue weighted by molar-refractivity contribution is -0.00565. The molecular weight excluding hydrogens is 324 g/mol. The second kappa shape index (κ2) is 4.42. The molecule has 3 aromatic rings. The van der Waals surface area contributed by atoms with Crippen molar-refractivity contribution in [2.45, 2.75) is 43.9 Å². The van der Waals surface area contributed by atoms with Gasteiger partial charge in [-0.3, -0.25) is 0 Å². The molecule has 0 spiro atoms. The molecule has 6 heteroatoms. The fourth-order valence-corrected chi connectivity index (χ4v) is 7.51. The highest BCUT2D eigenvalue weighted by Crippen LogP contribution is 2.61. The van der Waals surface area contributed by atoms with E-state index >= 15 is 0 Å². The maximum absolute atomic E-state index is 5.04. The third-order valence-corrected chi connectivity index (χ3v) is 8.24. The van der Waals surface area contributed by atoms with Gasteiger partial charge in [0.25, 0.3) is 0 Å². The first-order valence-electron chi connectivity index (χ1n) is 8.56. The minimum absolute atomic E-state index is 0.354. The van der Waals surface area contributed by atoms with Gasteiger partial charge < -0.3 is 0 Å². The molecule has 4 fully saturated rings. The number of thiophene rings is 1. The predicted molar refractivity (Wildman–Crippen MR) is 91.8 cm³/mol. The summed E-state index contributed by atoms with van der Waals surface area (Å²) in [6.45, 7) is 0. The van der Waals surface area contributed by atoms with Crippen LogP contribution in [0.2, 0.25) is 0 Å². The Morgan fingerprint density at radius 2 is 1.78 bits per heavy atom. The molecular formula is C17H18N4S2. The Kier molecular flexibility index (Phi) is 2.51. The van der Waals surface area contributed by atoms with Crippen LogP contribution in [-0.4, -0.2) is 19.8 Å². The minimum Gasteiger partial charge on any atom is -0.182 e. The van der Waals surface area contributed by atoms with Crippen LogP contribution in [0.25, 0.3) is 15.7 Å². The van der Waals surface area contributed by atoms with Crippen molar-refractivity contribution in [1.29, 1.82) is 0 Å². The molecule has 7 rings (SSSR count). The molecule has 23 heavy (non-hydrogen) atoms. The largest absolute Gasteiger partial charge is 0.235 e. The highest BCUT2D eigenvalue weighted by atomic mass is 32.1. The van der Waals surface area contributed by atoms with Crippen molar-refractivity contribution in [3.05, 3.63) is 22.5 Å². The molecule has 4 saturated carbocycles. The summed E-state index contributed by atoms with van der Waals surface area (Å²) < 4.78 is 1.99. The molecule has 4 aliphatic carbocycles. The van der Waals surface area contributed by atoms with Crippen molar-refractivity contribution < 1.29 is 0 Å². The standard InChI is InChI=1S/C17H18N4S2/c1-2-13(22-3-1)14-18-19-16-21(14)20-15(23-16)17-7-10-4-11(8-17)6-12(5-10)9-17/h1-3,10-12H,4-9H2. The second-order valence-electron chi connectivity index (χ2n) is 7.80. The second-order valence-corrected chi connectivity index (χ2v) is 9.70. The summed E-state index contributed by atoms with van der Waals surface area (Å²) in [6, 6.07) is 4.16. The first-order chi connectivity index (χ1) is 11.3. The third-order valence-electron chi connectivity index (χ3n) is 6.22. The smallest absolute Gasteiger partial charge is 0.182 e. The van der Waals surface area contributed by atoms with Crippen LogP contribution in [0, 0.1) is 17.8 Å². The Labute approximate surface area is 142 Å². The maximum atomic E-state index is 5.04. The first-order valence-corrected chi connectivity index (χ1v) is 10.3. The van der Waals surface area contributed by atoms with E-state index in [2.05, 4.69) is 27.7 Å². The van der Waals surface area contributed by atoms with Crippen molar-refractivity contribution >= 4 is 27.6 Å². The van der Waals surface area contributed by atoms with E-state index in [1.165, 1.54) is 43.5 Å². The summed E-state index contributed by atoms with van der Waals surface area (Å²) in [5.41, 5.74) is 0.354. The number of aromatic nitrogens is 4. The van der Waals surface area contributed by atoms with E-state index in [0.29, 0.717) is 5.41 Å². The first kappa shape index (κ1) is 13.1. The predicted octanol–water partition coefficient (Wildman–Crippen LogP) is 4.38. The summed E-state index contributed by atoms with van der Waals surface area (Å²) in [4.78, 5) is 2.11. The van der Waals surface area contributed by atoms with Gasteiger partial charge in [0, 0.05) is 5.41 Å². The van der Waals surface area contributed by atoms with Crippen LogP contribution in [0.5, 0.6) is 0 Å². The van der Waals surface area contributed by atoms with E-state index in [4.69, 9.17) is 5.10 Å². The van der Waals surface area contributed by atoms with E-state index in [1.54, 1.807) is 22.7 Å². The Hall–Kier alpha value is -1.27. The molecule has 0 N–H and O–H groups in total. The van der Waals surface area contributed by atoms with Crippen molar-refractivity contribution in [1.82, 2.24) is 19.8 Å². The minimum atomic E-state index is 0.354. The van der Waals surface area contributed by atoms with Gasteiger partial charge >= 0.3 is 0 Å². The third kappa shape index (κ3) is 1.79. The molecule has 0 aliphatic heterocycles. The molecule has 0 amide bonds. The van der Waals surface area contributed by atoms with Crippen molar-refractivity contribution in [2.24, 2.45) is 17.8 Å². The molecule has 0 saturated heterocycles. The van der Waals surface area contributed by atoms with Gasteiger partial charge in [-0.25, -0.2) is 0 Å². The summed E-state index contributed by atoms with van der Waals surface area (Å²) in [5, 5.41) is 17.2. The average molecular weight is 342 g/mol. The lowest BCUT2D eigenvalue weighted by atomic mass is 9.50. The molecule has 0 aromatic carbocycles. The molecule has 3 heterocycles. The van der Waals surface area contributed by atoms with Gasteiger partial charge in [0.15, 0.2) is 5.82 Å². The van der Waals surface area contributed by atoms with E-state index in [-0.39, 0.29) is 0 Å². The van der Waals surface area contributed by atoms with Gasteiger partial charge in [0.2, 0.25) is 4.96 Å². The van der Waals surface area contributed by atoms with Gasteiger partial charge in [-0.1, -0.05) is 17.4 Å². The molecule has 0 radical (unpaired) electrons. The molecule has 3 aromatic heterocycles. The zero-order valence-electron chi connectivity index (χ0n) is 12.8. The zero-order valence-corrected chi connectivity index (χ0v) is 14.4. The Morgan fingerprint density at radius 3 is 2.43 bits per heavy atom. The summed E-state index contributed by atoms with van der Waals surface area (Å²) in [5.74, 6) is 3.76. The van der Waals surface area contributed by atoms with Crippen LogP contribution in [0.15, 0.2) is 17.5 Å². The number of hydrogen-bond donors (Lipinski definition) is 0. The van der Waals surface area contributed by atoms with Crippen LogP contribution in [0.1, 0.15) is 43.5 Å². The van der Waals surface area contributed by atoms with Crippen LogP contribution in [0.4, 0.5) is 0 Å². The Bertz CT molecular complexity index is 841. The highest BCUT2D eigenvalue weighted by Gasteiger charge is 2.53. The van der Waals surface area contributed by atoms with E-state index in [1.807, 2.05) is 4.52 Å². The number of fused-ring (bicyclic) bond motifs is 1. The number of rotatable bonds is 2. The van der Waals surface area contributed by atoms with Gasteiger partial charge in [0.1, 0.15) is 5.01 Å². The SMILES string of the molecule is c1csc(-c2nnc3sc(C45CC6CC(CC(C6)C4)C5)nn23)c1. The van der Waals surface area contributed by atoms with Gasteiger partial charge in [-0.15, -0.1) is 21.5 Å². The quantitative estimate of drug-likeness (QED) is 0.694. The molecule has 4 nitrogen and oxygen atoms in total. The van der Waals surface area contributed by atoms with Crippen LogP contribution < -0.4 is 0 Å². The van der Waals surface area contributed by atoms with Gasteiger partial charge in [-0.05, 0) is 67.7 Å². The summed E-state index contributed by atoms with van der Waals surface area (Å²) in [6.07, 6.45) is 8.50. The lowest BCUT2D eigenvalue weighted by Crippen LogP contribution is -2.48. The molecule has 0 unspecified atom stereocenters. The van der Waals surface area contributed by atoms with Crippen LogP contribution >= 0.6 is 22.7 Å². The molecule has 118 valence electrons. The average Bonchev–Trinajstić information content (AvgIpc) is 3.22. The van der Waals surface area contributed by atoms with Gasteiger partial charge in [0.05, 0.1) is 4.88 Å².